The number of rotatable bonds is 41. The highest BCUT2D eigenvalue weighted by Gasteiger charge is 2.40. The fraction of sp³-hybridized carbons (Fsp3) is 0.639. The summed E-state index contributed by atoms with van der Waals surface area (Å²) in [5.74, 6) is 0.106. The van der Waals surface area contributed by atoms with Gasteiger partial charge in [0.05, 0.1) is 0 Å². The summed E-state index contributed by atoms with van der Waals surface area (Å²) in [7, 11) is 0. The van der Waals surface area contributed by atoms with Crippen LogP contribution in [-0.2, 0) is 19.0 Å². The Kier molecular flexibility index (Phi) is 31.5. The SMILES string of the molecule is CCCCC/C=C\C/C=C\CCCCCCCCO[C@H]1CN(C(=O)[C@H](CCCCNCC2c3ccccc3-c3ccccc32)OC(N)=O)C[C@@H]1OCCCCCCCC/C=C\C/C=C\CCCCC. The lowest BCUT2D eigenvalue weighted by molar-refractivity contribution is -0.140. The van der Waals surface area contributed by atoms with Gasteiger partial charge in [0.15, 0.2) is 6.10 Å². The Morgan fingerprint density at radius 3 is 1.48 bits per heavy atom. The van der Waals surface area contributed by atoms with E-state index >= 15 is 0 Å². The van der Waals surface area contributed by atoms with Gasteiger partial charge in [-0.3, -0.25) is 4.79 Å². The Hall–Kier alpha value is -3.98. The van der Waals surface area contributed by atoms with E-state index in [2.05, 4.69) is 116 Å². The van der Waals surface area contributed by atoms with Crippen molar-refractivity contribution in [1.29, 1.82) is 0 Å². The highest BCUT2D eigenvalue weighted by Crippen LogP contribution is 2.44. The molecule has 1 fully saturated rings. The molecule has 3 atom stereocenters. The van der Waals surface area contributed by atoms with Crippen molar-refractivity contribution < 1.29 is 23.8 Å². The third-order valence-electron chi connectivity index (χ3n) is 13.8. The molecule has 2 aliphatic rings. The van der Waals surface area contributed by atoms with Crippen LogP contribution in [0.4, 0.5) is 4.79 Å². The van der Waals surface area contributed by atoms with E-state index in [1.54, 1.807) is 4.90 Å². The number of nitrogens with one attached hydrogen (secondary N) is 1. The van der Waals surface area contributed by atoms with Gasteiger partial charge in [0.25, 0.3) is 5.91 Å². The first-order valence-electron chi connectivity index (χ1n) is 28.0. The number of fused-ring (bicyclic) bond motifs is 3. The van der Waals surface area contributed by atoms with E-state index in [0.29, 0.717) is 38.6 Å². The second-order valence-electron chi connectivity index (χ2n) is 19.6. The summed E-state index contributed by atoms with van der Waals surface area (Å²) >= 11 is 0. The van der Waals surface area contributed by atoms with E-state index in [0.717, 1.165) is 77.3 Å². The molecule has 2 aromatic carbocycles. The molecule has 0 spiro atoms. The van der Waals surface area contributed by atoms with Crippen LogP contribution in [-0.4, -0.2) is 74.6 Å². The normalized spacial score (nSPS) is 16.5. The molecule has 8 nitrogen and oxygen atoms in total. The number of amides is 2. The van der Waals surface area contributed by atoms with Crippen LogP contribution >= 0.6 is 0 Å². The number of carbonyl (C=O) groups excluding carboxylic acids is 2. The van der Waals surface area contributed by atoms with Gasteiger partial charge >= 0.3 is 6.09 Å². The molecular formula is C61H95N3O5. The van der Waals surface area contributed by atoms with Crippen molar-refractivity contribution in [2.75, 3.05) is 39.4 Å². The molecule has 3 N–H and O–H groups in total. The van der Waals surface area contributed by atoms with Gasteiger partial charge in [-0.25, -0.2) is 4.79 Å². The van der Waals surface area contributed by atoms with Crippen LogP contribution in [0.25, 0.3) is 11.1 Å². The predicted molar refractivity (Wildman–Crippen MR) is 290 cm³/mol. The Balaban J connectivity index is 1.15. The van der Waals surface area contributed by atoms with Gasteiger partial charge in [-0.1, -0.05) is 188 Å². The number of carbonyl (C=O) groups is 2. The number of likely N-dealkylation sites (tertiary alicyclic amines) is 1. The number of ether oxygens (including phenoxy) is 3. The smallest absolute Gasteiger partial charge is 0.405 e. The summed E-state index contributed by atoms with van der Waals surface area (Å²) in [6.07, 6.45) is 47.1. The van der Waals surface area contributed by atoms with Gasteiger partial charge in [-0.05, 0) is 125 Å². The average Bonchev–Trinajstić information content (AvgIpc) is 3.92. The average molecular weight is 950 g/mol. The fourth-order valence-electron chi connectivity index (χ4n) is 9.78. The zero-order valence-corrected chi connectivity index (χ0v) is 43.4. The molecule has 2 amide bonds. The highest BCUT2D eigenvalue weighted by atomic mass is 16.6. The van der Waals surface area contributed by atoms with Crippen molar-refractivity contribution in [3.05, 3.63) is 108 Å². The summed E-state index contributed by atoms with van der Waals surface area (Å²) in [5, 5.41) is 3.66. The van der Waals surface area contributed by atoms with Crippen molar-refractivity contribution >= 4 is 12.0 Å². The molecule has 69 heavy (non-hydrogen) atoms. The van der Waals surface area contributed by atoms with Crippen molar-refractivity contribution in [1.82, 2.24) is 10.2 Å². The molecule has 1 aliphatic heterocycles. The van der Waals surface area contributed by atoms with Crippen molar-refractivity contribution in [2.24, 2.45) is 5.73 Å². The molecule has 0 unspecified atom stereocenters. The summed E-state index contributed by atoms with van der Waals surface area (Å²) in [6, 6.07) is 17.4. The molecule has 0 radical (unpaired) electrons. The number of hydrogen-bond acceptors (Lipinski definition) is 6. The zero-order valence-electron chi connectivity index (χ0n) is 43.4. The van der Waals surface area contributed by atoms with Crippen LogP contribution in [0.15, 0.2) is 97.1 Å². The Labute approximate surface area is 420 Å². The summed E-state index contributed by atoms with van der Waals surface area (Å²) in [5.41, 5.74) is 10.9. The van der Waals surface area contributed by atoms with Crippen molar-refractivity contribution in [2.45, 2.75) is 211 Å². The number of nitrogens with two attached hydrogens (primary N) is 1. The van der Waals surface area contributed by atoms with E-state index in [1.807, 2.05) is 0 Å². The predicted octanol–water partition coefficient (Wildman–Crippen LogP) is 15.3. The molecule has 4 rings (SSSR count). The molecule has 384 valence electrons. The number of unbranched alkanes of at least 4 members (excludes halogenated alkanes) is 19. The Morgan fingerprint density at radius 1 is 0.580 bits per heavy atom. The molecule has 1 aliphatic carbocycles. The lowest BCUT2D eigenvalue weighted by Gasteiger charge is -2.23. The van der Waals surface area contributed by atoms with Crippen LogP contribution in [0.5, 0.6) is 0 Å². The summed E-state index contributed by atoms with van der Waals surface area (Å²) < 4.78 is 18.5. The van der Waals surface area contributed by atoms with Crippen molar-refractivity contribution in [3.8, 4) is 11.1 Å². The van der Waals surface area contributed by atoms with Gasteiger partial charge in [-0.2, -0.15) is 0 Å². The molecule has 2 aromatic rings. The van der Waals surface area contributed by atoms with E-state index in [4.69, 9.17) is 19.9 Å². The second-order valence-corrected chi connectivity index (χ2v) is 19.6. The minimum absolute atomic E-state index is 0.205. The third kappa shape index (κ3) is 24.1. The molecule has 8 heteroatoms. The van der Waals surface area contributed by atoms with Gasteiger partial charge in [-0.15, -0.1) is 0 Å². The zero-order chi connectivity index (χ0) is 48.8. The molecule has 0 bridgehead atoms. The first-order chi connectivity index (χ1) is 34.0. The van der Waals surface area contributed by atoms with E-state index in [1.165, 1.54) is 125 Å². The van der Waals surface area contributed by atoms with Crippen LogP contribution in [0.3, 0.4) is 0 Å². The second kappa shape index (κ2) is 37.8. The number of nitrogens with zero attached hydrogens (tertiary/aromatic N) is 1. The summed E-state index contributed by atoms with van der Waals surface area (Å²) in [4.78, 5) is 27.9. The van der Waals surface area contributed by atoms with Crippen LogP contribution < -0.4 is 11.1 Å². The first-order valence-corrected chi connectivity index (χ1v) is 28.0. The maximum Gasteiger partial charge on any atom is 0.405 e. The lowest BCUT2D eigenvalue weighted by atomic mass is 9.97. The monoisotopic (exact) mass is 950 g/mol. The Morgan fingerprint density at radius 2 is 1.01 bits per heavy atom. The van der Waals surface area contributed by atoms with E-state index in [-0.39, 0.29) is 18.1 Å². The maximum absolute atomic E-state index is 14.0. The number of primary amides is 1. The number of allylic oxidation sites excluding steroid dienone is 8. The number of benzene rings is 2. The van der Waals surface area contributed by atoms with Gasteiger partial charge < -0.3 is 30.2 Å². The van der Waals surface area contributed by atoms with Crippen LogP contribution in [0.2, 0.25) is 0 Å². The molecule has 1 saturated heterocycles. The molecule has 0 aromatic heterocycles. The maximum atomic E-state index is 14.0. The topological polar surface area (TPSA) is 103 Å². The minimum atomic E-state index is -0.921. The lowest BCUT2D eigenvalue weighted by Crippen LogP contribution is -2.42. The molecular weight excluding hydrogens is 855 g/mol. The van der Waals surface area contributed by atoms with Gasteiger partial charge in [0, 0.05) is 38.8 Å². The van der Waals surface area contributed by atoms with Gasteiger partial charge in [0.1, 0.15) is 12.2 Å². The van der Waals surface area contributed by atoms with Crippen LogP contribution in [0.1, 0.15) is 204 Å². The fourth-order valence-corrected chi connectivity index (χ4v) is 9.78. The quantitative estimate of drug-likeness (QED) is 0.0508. The van der Waals surface area contributed by atoms with E-state index in [9.17, 15) is 9.59 Å². The van der Waals surface area contributed by atoms with Crippen LogP contribution in [0, 0.1) is 0 Å². The van der Waals surface area contributed by atoms with Crippen molar-refractivity contribution in [3.63, 3.8) is 0 Å². The largest absolute Gasteiger partial charge is 0.436 e. The minimum Gasteiger partial charge on any atom is -0.436 e. The highest BCUT2D eigenvalue weighted by molar-refractivity contribution is 5.83. The third-order valence-corrected chi connectivity index (χ3v) is 13.8. The van der Waals surface area contributed by atoms with E-state index < -0.39 is 12.2 Å². The first kappa shape index (κ1) is 57.6. The molecule has 1 heterocycles. The standard InChI is InChI=1S/C61H95N3O5/c1-3-5-7-9-11-13-15-17-19-21-23-25-27-29-31-39-47-67-58-50-64(51-59(58)68-48-40-32-30-28-26-24-22-20-18-16-14-12-10-8-6-4-2)60(65)57(69-61(62)66)45-37-38-46-63-49-56-54-43-35-33-41-52(54)53-42-34-36-44-55(53)56/h11-14,17-20,33-36,41-44,56-59,63H,3-10,15-16,21-32,37-40,45-51H2,1-2H3,(H2,62,66)/b13-11-,14-12-,19-17-,20-18-/t57-,58-,59-/m0/s1. The summed E-state index contributed by atoms with van der Waals surface area (Å²) in [6.45, 7) is 8.31. The van der Waals surface area contributed by atoms with Gasteiger partial charge in [0.2, 0.25) is 0 Å². The molecule has 0 saturated carbocycles. The number of hydrogen-bond donors (Lipinski definition) is 2. The Bertz CT molecular complexity index is 1670.